The number of aromatic nitrogens is 3. The molecule has 6 heteroatoms. The predicted molar refractivity (Wildman–Crippen MR) is 108 cm³/mol. The van der Waals surface area contributed by atoms with Gasteiger partial charge in [0.05, 0.1) is 10.7 Å². The fraction of sp³-hybridized carbons (Fsp3) is 0.250. The highest BCUT2D eigenvalue weighted by Crippen LogP contribution is 2.27. The molecule has 0 bridgehead atoms. The summed E-state index contributed by atoms with van der Waals surface area (Å²) >= 11 is 6.30. The monoisotopic (exact) mass is 367 g/mol. The standard InChI is InChI=1S/C20H22ClN5/c1-11-6-7-17(16(21)10-11)24-19-22-15(5)23-20(26-19)25-18-13(3)8-12(2)9-14(18)4/h6-10H,1-5H3,(H2,22,23,24,25,26). The second-order valence-corrected chi connectivity index (χ2v) is 6.94. The number of aryl methyl sites for hydroxylation is 5. The smallest absolute Gasteiger partial charge is 0.232 e. The van der Waals surface area contributed by atoms with E-state index in [0.717, 1.165) is 28.1 Å². The fourth-order valence-electron chi connectivity index (χ4n) is 2.92. The maximum Gasteiger partial charge on any atom is 0.232 e. The van der Waals surface area contributed by atoms with E-state index in [2.05, 4.69) is 58.5 Å². The summed E-state index contributed by atoms with van der Waals surface area (Å²) in [6.45, 7) is 10.1. The molecule has 0 atom stereocenters. The number of anilines is 4. The van der Waals surface area contributed by atoms with Gasteiger partial charge in [0, 0.05) is 5.69 Å². The molecule has 0 saturated heterocycles. The van der Waals surface area contributed by atoms with Crippen LogP contribution in [0.4, 0.5) is 23.3 Å². The van der Waals surface area contributed by atoms with Gasteiger partial charge in [-0.25, -0.2) is 0 Å². The van der Waals surface area contributed by atoms with E-state index in [1.165, 1.54) is 5.56 Å². The Bertz CT molecular complexity index is 945. The highest BCUT2D eigenvalue weighted by atomic mass is 35.5. The Hall–Kier alpha value is -2.66. The first-order valence-corrected chi connectivity index (χ1v) is 8.80. The van der Waals surface area contributed by atoms with Crippen LogP contribution in [0.25, 0.3) is 0 Å². The van der Waals surface area contributed by atoms with Crippen LogP contribution in [-0.4, -0.2) is 15.0 Å². The van der Waals surface area contributed by atoms with Gasteiger partial charge in [0.15, 0.2) is 0 Å². The van der Waals surface area contributed by atoms with Crippen LogP contribution in [0.3, 0.4) is 0 Å². The summed E-state index contributed by atoms with van der Waals surface area (Å²) in [5.74, 6) is 1.57. The number of benzene rings is 2. The van der Waals surface area contributed by atoms with Crippen LogP contribution in [0.1, 0.15) is 28.1 Å². The molecule has 0 saturated carbocycles. The van der Waals surface area contributed by atoms with E-state index in [4.69, 9.17) is 11.6 Å². The van der Waals surface area contributed by atoms with Crippen molar-refractivity contribution in [3.8, 4) is 0 Å². The molecule has 2 aromatic carbocycles. The molecule has 134 valence electrons. The van der Waals surface area contributed by atoms with Gasteiger partial charge < -0.3 is 10.6 Å². The quantitative estimate of drug-likeness (QED) is 0.632. The van der Waals surface area contributed by atoms with Crippen LogP contribution in [0.15, 0.2) is 30.3 Å². The topological polar surface area (TPSA) is 62.7 Å². The normalized spacial score (nSPS) is 10.7. The summed E-state index contributed by atoms with van der Waals surface area (Å²) in [5, 5.41) is 7.12. The SMILES string of the molecule is Cc1cc(C)c(Nc2nc(C)nc(Nc3ccc(C)cc3Cl)n2)c(C)c1. The van der Waals surface area contributed by atoms with Crippen LogP contribution in [0.2, 0.25) is 5.02 Å². The van der Waals surface area contributed by atoms with Crippen molar-refractivity contribution >= 4 is 34.9 Å². The van der Waals surface area contributed by atoms with Crippen LogP contribution in [-0.2, 0) is 0 Å². The lowest BCUT2D eigenvalue weighted by molar-refractivity contribution is 0.988. The van der Waals surface area contributed by atoms with Crippen molar-refractivity contribution < 1.29 is 0 Å². The fourth-order valence-corrected chi connectivity index (χ4v) is 3.21. The number of rotatable bonds is 4. The molecule has 0 fully saturated rings. The highest BCUT2D eigenvalue weighted by molar-refractivity contribution is 6.33. The Morgan fingerprint density at radius 2 is 1.35 bits per heavy atom. The van der Waals surface area contributed by atoms with Gasteiger partial charge in [-0.2, -0.15) is 15.0 Å². The molecule has 5 nitrogen and oxygen atoms in total. The van der Waals surface area contributed by atoms with Gasteiger partial charge in [0.1, 0.15) is 5.82 Å². The average Bonchev–Trinajstić information content (AvgIpc) is 2.53. The van der Waals surface area contributed by atoms with Crippen molar-refractivity contribution in [2.75, 3.05) is 10.6 Å². The molecule has 1 heterocycles. The Balaban J connectivity index is 1.91. The van der Waals surface area contributed by atoms with Crippen LogP contribution in [0, 0.1) is 34.6 Å². The zero-order chi connectivity index (χ0) is 18.8. The maximum absolute atomic E-state index is 6.30. The van der Waals surface area contributed by atoms with Crippen molar-refractivity contribution in [2.24, 2.45) is 0 Å². The molecule has 0 aliphatic carbocycles. The molecular weight excluding hydrogens is 346 g/mol. The minimum Gasteiger partial charge on any atom is -0.324 e. The van der Waals surface area contributed by atoms with Gasteiger partial charge in [-0.15, -0.1) is 0 Å². The Kier molecular flexibility index (Phi) is 5.09. The van der Waals surface area contributed by atoms with Gasteiger partial charge >= 0.3 is 0 Å². The van der Waals surface area contributed by atoms with E-state index in [1.807, 2.05) is 32.0 Å². The van der Waals surface area contributed by atoms with Gasteiger partial charge in [0.25, 0.3) is 0 Å². The molecule has 0 aliphatic rings. The molecule has 0 unspecified atom stereocenters. The van der Waals surface area contributed by atoms with Crippen molar-refractivity contribution in [3.63, 3.8) is 0 Å². The van der Waals surface area contributed by atoms with E-state index in [9.17, 15) is 0 Å². The number of nitrogens with one attached hydrogen (secondary N) is 2. The number of hydrogen-bond acceptors (Lipinski definition) is 5. The Labute approximate surface area is 158 Å². The lowest BCUT2D eigenvalue weighted by Crippen LogP contribution is -2.07. The third kappa shape index (κ3) is 4.11. The lowest BCUT2D eigenvalue weighted by atomic mass is 10.1. The average molecular weight is 368 g/mol. The van der Waals surface area contributed by atoms with E-state index < -0.39 is 0 Å². The Morgan fingerprint density at radius 3 is 1.96 bits per heavy atom. The van der Waals surface area contributed by atoms with Gasteiger partial charge in [-0.1, -0.05) is 35.4 Å². The van der Waals surface area contributed by atoms with Crippen LogP contribution < -0.4 is 10.6 Å². The summed E-state index contributed by atoms with van der Waals surface area (Å²) < 4.78 is 0. The summed E-state index contributed by atoms with van der Waals surface area (Å²) in [6.07, 6.45) is 0. The maximum atomic E-state index is 6.30. The molecule has 1 aromatic heterocycles. The summed E-state index contributed by atoms with van der Waals surface area (Å²) in [4.78, 5) is 13.3. The molecule has 2 N–H and O–H groups in total. The minimum atomic E-state index is 0.452. The molecule has 0 aliphatic heterocycles. The third-order valence-electron chi connectivity index (χ3n) is 4.03. The molecule has 3 aromatic rings. The second-order valence-electron chi connectivity index (χ2n) is 6.54. The van der Waals surface area contributed by atoms with Crippen LogP contribution >= 0.6 is 11.6 Å². The lowest BCUT2D eigenvalue weighted by Gasteiger charge is -2.14. The minimum absolute atomic E-state index is 0.452. The largest absolute Gasteiger partial charge is 0.324 e. The Morgan fingerprint density at radius 1 is 0.731 bits per heavy atom. The molecule has 0 amide bonds. The van der Waals surface area contributed by atoms with Gasteiger partial charge in [-0.05, 0) is 63.4 Å². The van der Waals surface area contributed by atoms with E-state index >= 15 is 0 Å². The highest BCUT2D eigenvalue weighted by Gasteiger charge is 2.10. The van der Waals surface area contributed by atoms with E-state index in [0.29, 0.717) is 22.7 Å². The van der Waals surface area contributed by atoms with Gasteiger partial charge in [0.2, 0.25) is 11.9 Å². The zero-order valence-corrected chi connectivity index (χ0v) is 16.4. The van der Waals surface area contributed by atoms with Crippen molar-refractivity contribution in [1.29, 1.82) is 0 Å². The van der Waals surface area contributed by atoms with Crippen LogP contribution in [0.5, 0.6) is 0 Å². The molecule has 26 heavy (non-hydrogen) atoms. The first-order chi connectivity index (χ1) is 12.3. The summed E-state index contributed by atoms with van der Waals surface area (Å²) in [5.41, 5.74) is 6.40. The first-order valence-electron chi connectivity index (χ1n) is 8.42. The molecule has 0 radical (unpaired) electrons. The molecule has 3 rings (SSSR count). The molecule has 0 spiro atoms. The predicted octanol–water partition coefficient (Wildman–Crippen LogP) is 5.55. The third-order valence-corrected chi connectivity index (χ3v) is 4.34. The van der Waals surface area contributed by atoms with Crippen molar-refractivity contribution in [3.05, 3.63) is 63.4 Å². The zero-order valence-electron chi connectivity index (χ0n) is 15.6. The summed E-state index contributed by atoms with van der Waals surface area (Å²) in [6, 6.07) is 10.1. The van der Waals surface area contributed by atoms with Crippen molar-refractivity contribution in [2.45, 2.75) is 34.6 Å². The van der Waals surface area contributed by atoms with E-state index in [1.54, 1.807) is 0 Å². The first kappa shape index (κ1) is 18.1. The second kappa shape index (κ2) is 7.30. The van der Waals surface area contributed by atoms with Gasteiger partial charge in [-0.3, -0.25) is 0 Å². The summed E-state index contributed by atoms with van der Waals surface area (Å²) in [7, 11) is 0. The number of hydrogen-bond donors (Lipinski definition) is 2. The molecular formula is C20H22ClN5. The number of nitrogens with zero attached hydrogens (tertiary/aromatic N) is 3. The number of halogens is 1. The van der Waals surface area contributed by atoms with E-state index in [-0.39, 0.29) is 0 Å². The van der Waals surface area contributed by atoms with Crippen molar-refractivity contribution in [1.82, 2.24) is 15.0 Å².